The van der Waals surface area contributed by atoms with Crippen molar-refractivity contribution in [3.8, 4) is 0 Å². The van der Waals surface area contributed by atoms with Crippen LogP contribution < -0.4 is 0 Å². The molecule has 1 atom stereocenters. The van der Waals surface area contributed by atoms with Gasteiger partial charge in [0.2, 0.25) is 5.91 Å². The predicted octanol–water partition coefficient (Wildman–Crippen LogP) is 0.471. The average molecular weight is 344 g/mol. The van der Waals surface area contributed by atoms with Gasteiger partial charge in [0, 0.05) is 32.6 Å². The van der Waals surface area contributed by atoms with E-state index in [0.717, 1.165) is 17.2 Å². The highest BCUT2D eigenvalue weighted by atomic mass is 16.5. The van der Waals surface area contributed by atoms with Crippen LogP contribution in [0.25, 0.3) is 0 Å². The molecule has 0 aliphatic carbocycles. The molecule has 3 heterocycles. The van der Waals surface area contributed by atoms with E-state index < -0.39 is 0 Å². The normalized spacial score (nSPS) is 17.3. The van der Waals surface area contributed by atoms with E-state index in [1.54, 1.807) is 19.5 Å². The molecule has 1 amide bonds. The van der Waals surface area contributed by atoms with E-state index in [-0.39, 0.29) is 11.9 Å². The van der Waals surface area contributed by atoms with Crippen molar-refractivity contribution in [1.82, 2.24) is 29.5 Å². The van der Waals surface area contributed by atoms with Gasteiger partial charge in [-0.25, -0.2) is 0 Å². The van der Waals surface area contributed by atoms with Gasteiger partial charge in [-0.1, -0.05) is 6.07 Å². The zero-order chi connectivity index (χ0) is 17.8. The van der Waals surface area contributed by atoms with Gasteiger partial charge in [0.15, 0.2) is 0 Å². The maximum atomic E-state index is 13.2. The molecule has 0 aromatic carbocycles. The Balaban J connectivity index is 1.78. The Labute approximate surface area is 147 Å². The number of aryl methyl sites for hydroxylation is 1. The summed E-state index contributed by atoms with van der Waals surface area (Å²) < 4.78 is 7.22. The van der Waals surface area contributed by atoms with Gasteiger partial charge in [0.25, 0.3) is 0 Å². The van der Waals surface area contributed by atoms with Crippen LogP contribution in [0.5, 0.6) is 0 Å². The molecular weight excluding hydrogens is 320 g/mol. The molecule has 0 N–H and O–H groups in total. The number of likely N-dealkylation sites (N-methyl/N-ethyl adjacent to an activating group) is 1. The van der Waals surface area contributed by atoms with Crippen molar-refractivity contribution >= 4 is 5.91 Å². The first-order chi connectivity index (χ1) is 12.1. The lowest BCUT2D eigenvalue weighted by Gasteiger charge is -2.35. The number of pyridine rings is 1. The van der Waals surface area contributed by atoms with Gasteiger partial charge in [-0.15, -0.1) is 10.2 Å². The van der Waals surface area contributed by atoms with Crippen molar-refractivity contribution in [2.75, 3.05) is 27.3 Å². The lowest BCUT2D eigenvalue weighted by molar-refractivity contribution is -0.139. The first-order valence-electron chi connectivity index (χ1n) is 8.35. The summed E-state index contributed by atoms with van der Waals surface area (Å²) in [5.74, 6) is 1.83. The number of methoxy groups -OCH3 is 1. The van der Waals surface area contributed by atoms with Crippen LogP contribution in [0, 0.1) is 6.92 Å². The number of nitrogens with zero attached hydrogens (tertiary/aromatic N) is 6. The Morgan fingerprint density at radius 1 is 1.44 bits per heavy atom. The number of fused-ring (bicyclic) bond motifs is 1. The van der Waals surface area contributed by atoms with Crippen molar-refractivity contribution in [2.45, 2.75) is 32.6 Å². The van der Waals surface area contributed by atoms with E-state index >= 15 is 0 Å². The third kappa shape index (κ3) is 3.85. The lowest BCUT2D eigenvalue weighted by Crippen LogP contribution is -2.52. The molecule has 0 saturated heterocycles. The Hall–Kier alpha value is -2.32. The van der Waals surface area contributed by atoms with Crippen molar-refractivity contribution in [2.24, 2.45) is 0 Å². The van der Waals surface area contributed by atoms with E-state index in [4.69, 9.17) is 4.74 Å². The molecule has 2 aromatic heterocycles. The minimum Gasteiger partial charge on any atom is -0.383 e. The van der Waals surface area contributed by atoms with E-state index in [2.05, 4.69) is 15.2 Å². The van der Waals surface area contributed by atoms with Crippen LogP contribution in [-0.2, 0) is 29.2 Å². The third-order valence-electron chi connectivity index (χ3n) is 4.55. The van der Waals surface area contributed by atoms with Gasteiger partial charge in [-0.3, -0.25) is 14.7 Å². The summed E-state index contributed by atoms with van der Waals surface area (Å²) in [6.45, 7) is 4.67. The Kier molecular flexibility index (Phi) is 5.40. The average Bonchev–Trinajstić information content (AvgIpc) is 2.98. The second-order valence-corrected chi connectivity index (χ2v) is 6.32. The van der Waals surface area contributed by atoms with Crippen molar-refractivity contribution in [3.05, 3.63) is 41.7 Å². The van der Waals surface area contributed by atoms with Crippen LogP contribution in [0.4, 0.5) is 0 Å². The fourth-order valence-electron chi connectivity index (χ4n) is 3.08. The molecule has 1 aliphatic heterocycles. The predicted molar refractivity (Wildman–Crippen MR) is 91.5 cm³/mol. The number of carbonyl (C=O) groups is 1. The Morgan fingerprint density at radius 2 is 2.28 bits per heavy atom. The van der Waals surface area contributed by atoms with Gasteiger partial charge in [-0.2, -0.15) is 0 Å². The van der Waals surface area contributed by atoms with E-state index in [0.29, 0.717) is 32.8 Å². The van der Waals surface area contributed by atoms with Gasteiger partial charge in [0.05, 0.1) is 19.7 Å². The molecule has 8 heteroatoms. The molecule has 25 heavy (non-hydrogen) atoms. The van der Waals surface area contributed by atoms with Crippen molar-refractivity contribution in [1.29, 1.82) is 0 Å². The highest BCUT2D eigenvalue weighted by Crippen LogP contribution is 2.18. The molecule has 0 radical (unpaired) electrons. The number of hydrogen-bond donors (Lipinski definition) is 0. The van der Waals surface area contributed by atoms with Gasteiger partial charge >= 0.3 is 0 Å². The van der Waals surface area contributed by atoms with Crippen LogP contribution in [0.2, 0.25) is 0 Å². The second kappa shape index (κ2) is 7.71. The zero-order valence-electron chi connectivity index (χ0n) is 14.9. The first kappa shape index (κ1) is 17.5. The minimum atomic E-state index is -0.240. The highest BCUT2D eigenvalue weighted by Gasteiger charge is 2.33. The number of ether oxygens (including phenoxy) is 1. The topological polar surface area (TPSA) is 76.4 Å². The van der Waals surface area contributed by atoms with Crippen LogP contribution in [0.1, 0.15) is 17.2 Å². The van der Waals surface area contributed by atoms with Gasteiger partial charge in [-0.05, 0) is 25.6 Å². The summed E-state index contributed by atoms with van der Waals surface area (Å²) in [6.07, 6.45) is 3.52. The fourth-order valence-corrected chi connectivity index (χ4v) is 3.08. The van der Waals surface area contributed by atoms with Crippen LogP contribution in [-0.4, -0.2) is 68.8 Å². The largest absolute Gasteiger partial charge is 0.383 e. The Bertz CT molecular complexity index is 717. The van der Waals surface area contributed by atoms with E-state index in [1.807, 2.05) is 40.5 Å². The number of carbonyl (C=O) groups excluding carboxylic acids is 1. The monoisotopic (exact) mass is 344 g/mol. The van der Waals surface area contributed by atoms with Gasteiger partial charge in [0.1, 0.15) is 17.7 Å². The standard InChI is InChI=1S/C17H24N6O2/c1-13-19-20-16-12-21(2)15(11-23(13)16)17(24)22(7-8-25-3)10-14-5-4-6-18-9-14/h4-6,9,15H,7-8,10-12H2,1-3H3. The molecule has 3 rings (SSSR count). The smallest absolute Gasteiger partial charge is 0.242 e. The quantitative estimate of drug-likeness (QED) is 0.758. The van der Waals surface area contributed by atoms with Crippen molar-refractivity contribution in [3.63, 3.8) is 0 Å². The highest BCUT2D eigenvalue weighted by molar-refractivity contribution is 5.82. The zero-order valence-corrected chi connectivity index (χ0v) is 14.9. The summed E-state index contributed by atoms with van der Waals surface area (Å²) >= 11 is 0. The number of rotatable bonds is 6. The molecular formula is C17H24N6O2. The number of hydrogen-bond acceptors (Lipinski definition) is 6. The molecule has 1 unspecified atom stereocenters. The number of amides is 1. The second-order valence-electron chi connectivity index (χ2n) is 6.32. The fraction of sp³-hybridized carbons (Fsp3) is 0.529. The molecule has 134 valence electrons. The summed E-state index contributed by atoms with van der Waals surface area (Å²) in [7, 11) is 3.60. The van der Waals surface area contributed by atoms with E-state index in [1.165, 1.54) is 0 Å². The molecule has 1 aliphatic rings. The van der Waals surface area contributed by atoms with E-state index in [9.17, 15) is 4.79 Å². The SMILES string of the molecule is COCCN(Cc1cccnc1)C(=O)C1Cn2c(C)nnc2CN1C. The van der Waals surface area contributed by atoms with Crippen LogP contribution >= 0.6 is 0 Å². The molecule has 0 fully saturated rings. The summed E-state index contributed by atoms with van der Waals surface area (Å²) in [5, 5.41) is 8.30. The molecule has 0 saturated carbocycles. The third-order valence-corrected chi connectivity index (χ3v) is 4.55. The summed E-state index contributed by atoms with van der Waals surface area (Å²) in [4.78, 5) is 21.2. The first-order valence-corrected chi connectivity index (χ1v) is 8.35. The maximum Gasteiger partial charge on any atom is 0.242 e. The minimum absolute atomic E-state index is 0.0853. The maximum absolute atomic E-state index is 13.2. The Morgan fingerprint density at radius 3 is 3.00 bits per heavy atom. The lowest BCUT2D eigenvalue weighted by atomic mass is 10.1. The number of aromatic nitrogens is 4. The summed E-state index contributed by atoms with van der Waals surface area (Å²) in [6, 6.07) is 3.62. The molecule has 8 nitrogen and oxygen atoms in total. The van der Waals surface area contributed by atoms with Crippen LogP contribution in [0.3, 0.4) is 0 Å². The van der Waals surface area contributed by atoms with Crippen LogP contribution in [0.15, 0.2) is 24.5 Å². The molecule has 0 spiro atoms. The molecule has 2 aromatic rings. The van der Waals surface area contributed by atoms with Gasteiger partial charge < -0.3 is 14.2 Å². The van der Waals surface area contributed by atoms with Crippen molar-refractivity contribution < 1.29 is 9.53 Å². The molecule has 0 bridgehead atoms. The summed E-state index contributed by atoms with van der Waals surface area (Å²) in [5.41, 5.74) is 1.01.